The molecule has 0 aromatic carbocycles. The molecule has 0 bridgehead atoms. The highest BCUT2D eigenvalue weighted by atomic mass is 35.5. The zero-order valence-electron chi connectivity index (χ0n) is 7.77. The predicted octanol–water partition coefficient (Wildman–Crippen LogP) is 1.41. The van der Waals surface area contributed by atoms with Crippen molar-refractivity contribution in [3.63, 3.8) is 0 Å². The zero-order chi connectivity index (χ0) is 11.5. The van der Waals surface area contributed by atoms with Crippen LogP contribution in [0.15, 0.2) is 11.2 Å². The van der Waals surface area contributed by atoms with Gasteiger partial charge in [0, 0.05) is 12.0 Å². The van der Waals surface area contributed by atoms with E-state index in [0.29, 0.717) is 0 Å². The number of thioether (sulfide) groups is 1. The summed E-state index contributed by atoms with van der Waals surface area (Å²) < 4.78 is 34.7. The number of rotatable bonds is 4. The molecule has 0 spiro atoms. The molecule has 0 aliphatic rings. The number of nitrogens with zero attached hydrogens (tertiary/aromatic N) is 2. The smallest absolute Gasteiger partial charge is 0.223 e. The second-order valence-electron chi connectivity index (χ2n) is 2.77. The van der Waals surface area contributed by atoms with Gasteiger partial charge in [0.2, 0.25) is 5.28 Å². The van der Waals surface area contributed by atoms with Crippen molar-refractivity contribution < 1.29 is 12.8 Å². The van der Waals surface area contributed by atoms with Gasteiger partial charge < -0.3 is 0 Å². The Morgan fingerprint density at radius 2 is 2.27 bits per heavy atom. The van der Waals surface area contributed by atoms with Gasteiger partial charge in [-0.1, -0.05) is 0 Å². The van der Waals surface area contributed by atoms with E-state index < -0.39 is 15.7 Å². The van der Waals surface area contributed by atoms with Crippen molar-refractivity contribution in [2.45, 2.75) is 5.03 Å². The van der Waals surface area contributed by atoms with Gasteiger partial charge in [0.1, 0.15) is 14.9 Å². The summed E-state index contributed by atoms with van der Waals surface area (Å²) in [5.41, 5.74) is 0. The first kappa shape index (κ1) is 12.7. The summed E-state index contributed by atoms with van der Waals surface area (Å²) in [5, 5.41) is 0.0110. The molecule has 1 heterocycles. The maximum atomic E-state index is 13.0. The second-order valence-corrected chi connectivity index (χ2v) is 6.45. The van der Waals surface area contributed by atoms with Crippen molar-refractivity contribution in [2.75, 3.05) is 17.8 Å². The van der Waals surface area contributed by atoms with E-state index in [1.54, 1.807) is 0 Å². The minimum absolute atomic E-state index is 0.0290. The molecule has 1 rings (SSSR count). The molecule has 0 aliphatic heterocycles. The molecule has 0 saturated heterocycles. The SMILES string of the molecule is CS(=O)(=O)CCSc1nc(Cl)ncc1F. The molecular weight excluding hydrogens is 263 g/mol. The van der Waals surface area contributed by atoms with Gasteiger partial charge in [0.15, 0.2) is 5.82 Å². The van der Waals surface area contributed by atoms with Crippen LogP contribution in [0.25, 0.3) is 0 Å². The lowest BCUT2D eigenvalue weighted by Crippen LogP contribution is -2.05. The van der Waals surface area contributed by atoms with Gasteiger partial charge >= 0.3 is 0 Å². The molecule has 1 aromatic heterocycles. The Hall–Kier alpha value is -0.400. The Kier molecular flexibility index (Phi) is 4.30. The van der Waals surface area contributed by atoms with Crippen LogP contribution < -0.4 is 0 Å². The third kappa shape index (κ3) is 4.76. The van der Waals surface area contributed by atoms with E-state index in [1.807, 2.05) is 0 Å². The fourth-order valence-electron chi connectivity index (χ4n) is 0.722. The van der Waals surface area contributed by atoms with Crippen LogP contribution >= 0.6 is 23.4 Å². The maximum absolute atomic E-state index is 13.0. The Morgan fingerprint density at radius 3 is 2.87 bits per heavy atom. The highest BCUT2D eigenvalue weighted by molar-refractivity contribution is 8.00. The molecule has 4 nitrogen and oxygen atoms in total. The molecule has 8 heteroatoms. The summed E-state index contributed by atoms with van der Waals surface area (Å²) >= 11 is 6.46. The third-order valence-corrected chi connectivity index (χ3v) is 3.73. The fourth-order valence-corrected chi connectivity index (χ4v) is 2.98. The summed E-state index contributed by atoms with van der Waals surface area (Å²) in [6.07, 6.45) is 2.08. The number of sulfone groups is 1. The van der Waals surface area contributed by atoms with E-state index in [-0.39, 0.29) is 21.8 Å². The first-order valence-electron chi connectivity index (χ1n) is 3.87. The van der Waals surface area contributed by atoms with Crippen LogP contribution in [-0.2, 0) is 9.84 Å². The molecular formula is C7H8ClFN2O2S2. The van der Waals surface area contributed by atoms with E-state index in [4.69, 9.17) is 11.6 Å². The Morgan fingerprint density at radius 1 is 1.60 bits per heavy atom. The molecule has 0 fully saturated rings. The summed E-state index contributed by atoms with van der Waals surface area (Å²) in [4.78, 5) is 7.08. The van der Waals surface area contributed by atoms with Crippen molar-refractivity contribution in [3.05, 3.63) is 17.3 Å². The lowest BCUT2D eigenvalue weighted by atomic mass is 10.6. The largest absolute Gasteiger partial charge is 0.229 e. The van der Waals surface area contributed by atoms with Gasteiger partial charge in [0.05, 0.1) is 11.9 Å². The first-order chi connectivity index (χ1) is 6.88. The van der Waals surface area contributed by atoms with Crippen LogP contribution in [0.4, 0.5) is 4.39 Å². The summed E-state index contributed by atoms with van der Waals surface area (Å²) in [5.74, 6) is -0.389. The Labute approximate surface area is 96.2 Å². The lowest BCUT2D eigenvalue weighted by Gasteiger charge is -2.01. The van der Waals surface area contributed by atoms with Gasteiger partial charge in [-0.05, 0) is 11.6 Å². The van der Waals surface area contributed by atoms with E-state index in [0.717, 1.165) is 24.2 Å². The van der Waals surface area contributed by atoms with Gasteiger partial charge in [-0.15, -0.1) is 11.8 Å². The normalized spacial score (nSPS) is 11.7. The average molecular weight is 271 g/mol. The topological polar surface area (TPSA) is 59.9 Å². The molecule has 0 radical (unpaired) electrons. The Bertz CT molecular complexity index is 452. The quantitative estimate of drug-likeness (QED) is 0.470. The van der Waals surface area contributed by atoms with E-state index >= 15 is 0 Å². The van der Waals surface area contributed by atoms with Crippen molar-refractivity contribution >= 4 is 33.2 Å². The fraction of sp³-hybridized carbons (Fsp3) is 0.429. The molecule has 0 unspecified atom stereocenters. The van der Waals surface area contributed by atoms with E-state index in [2.05, 4.69) is 9.97 Å². The van der Waals surface area contributed by atoms with Crippen molar-refractivity contribution in [3.8, 4) is 0 Å². The van der Waals surface area contributed by atoms with Gasteiger partial charge in [-0.3, -0.25) is 0 Å². The van der Waals surface area contributed by atoms with Crippen molar-refractivity contribution in [2.24, 2.45) is 0 Å². The van der Waals surface area contributed by atoms with Crippen LogP contribution in [0.5, 0.6) is 0 Å². The highest BCUT2D eigenvalue weighted by Crippen LogP contribution is 2.19. The van der Waals surface area contributed by atoms with Crippen LogP contribution in [-0.4, -0.2) is 36.1 Å². The molecule has 0 amide bonds. The summed E-state index contributed by atoms with van der Waals surface area (Å²) in [7, 11) is -3.04. The number of aromatic nitrogens is 2. The molecule has 1 aromatic rings. The molecule has 84 valence electrons. The standard InChI is InChI=1S/C7H8ClFN2O2S2/c1-15(12,13)3-2-14-6-5(9)4-10-7(8)11-6/h4H,2-3H2,1H3. The number of halogens is 2. The van der Waals surface area contributed by atoms with Crippen molar-refractivity contribution in [1.82, 2.24) is 9.97 Å². The second kappa shape index (κ2) is 5.09. The van der Waals surface area contributed by atoms with Gasteiger partial charge in [-0.25, -0.2) is 22.8 Å². The Balaban J connectivity index is 2.61. The molecule has 15 heavy (non-hydrogen) atoms. The summed E-state index contributed by atoms with van der Waals surface area (Å²) in [6.45, 7) is 0. The first-order valence-corrected chi connectivity index (χ1v) is 7.29. The van der Waals surface area contributed by atoms with Crippen LogP contribution in [0.3, 0.4) is 0 Å². The average Bonchev–Trinajstić information content (AvgIpc) is 2.09. The molecule has 0 atom stereocenters. The minimum atomic E-state index is -3.04. The van der Waals surface area contributed by atoms with Gasteiger partial charge in [0.25, 0.3) is 0 Å². The monoisotopic (exact) mass is 270 g/mol. The van der Waals surface area contributed by atoms with Crippen molar-refractivity contribution in [1.29, 1.82) is 0 Å². The zero-order valence-corrected chi connectivity index (χ0v) is 10.2. The highest BCUT2D eigenvalue weighted by Gasteiger charge is 2.08. The number of hydrogen-bond acceptors (Lipinski definition) is 5. The molecule has 0 saturated carbocycles. The van der Waals surface area contributed by atoms with Gasteiger partial charge in [-0.2, -0.15) is 0 Å². The number of hydrogen-bond donors (Lipinski definition) is 0. The van der Waals surface area contributed by atoms with Crippen LogP contribution in [0.2, 0.25) is 5.28 Å². The maximum Gasteiger partial charge on any atom is 0.223 e. The van der Waals surface area contributed by atoms with E-state index in [9.17, 15) is 12.8 Å². The van der Waals surface area contributed by atoms with E-state index in [1.165, 1.54) is 0 Å². The lowest BCUT2D eigenvalue weighted by molar-refractivity contribution is 0.579. The molecule has 0 aliphatic carbocycles. The molecule has 0 N–H and O–H groups in total. The summed E-state index contributed by atoms with van der Waals surface area (Å²) in [6, 6.07) is 0. The third-order valence-electron chi connectivity index (χ3n) is 1.38. The van der Waals surface area contributed by atoms with Crippen LogP contribution in [0, 0.1) is 5.82 Å². The predicted molar refractivity (Wildman–Crippen MR) is 57.4 cm³/mol. The minimum Gasteiger partial charge on any atom is -0.229 e. The van der Waals surface area contributed by atoms with Crippen LogP contribution in [0.1, 0.15) is 0 Å².